The molecule has 23 heavy (non-hydrogen) atoms. The first-order chi connectivity index (χ1) is 11.0. The molecule has 1 N–H and O–H groups in total. The Hall–Kier alpha value is -2.38. The molecule has 1 fully saturated rings. The highest BCUT2D eigenvalue weighted by atomic mass is 16.2. The van der Waals surface area contributed by atoms with Gasteiger partial charge in [0.15, 0.2) is 11.5 Å². The van der Waals surface area contributed by atoms with Crippen LogP contribution in [-0.4, -0.2) is 63.0 Å². The van der Waals surface area contributed by atoms with Crippen LogP contribution in [0.4, 0.5) is 10.6 Å². The van der Waals surface area contributed by atoms with Gasteiger partial charge >= 0.3 is 6.03 Å². The fourth-order valence-corrected chi connectivity index (χ4v) is 2.74. The summed E-state index contributed by atoms with van der Waals surface area (Å²) in [7, 11) is 0. The summed E-state index contributed by atoms with van der Waals surface area (Å²) in [5.41, 5.74) is 0.749. The average Bonchev–Trinajstić information content (AvgIpc) is 2.74. The highest BCUT2D eigenvalue weighted by molar-refractivity contribution is 5.74. The molecule has 0 radical (unpaired) electrons. The highest BCUT2D eigenvalue weighted by Gasteiger charge is 2.20. The zero-order valence-electron chi connectivity index (χ0n) is 13.9. The number of aryl methyl sites for hydroxylation is 1. The molecule has 0 aromatic carbocycles. The SMILES string of the molecule is Cc1nnc2ccc(N3CCCN(C(=O)NC(C)C)CC3)nn12. The number of anilines is 1. The molecular formula is C15H23N7O. The van der Waals surface area contributed by atoms with Crippen LogP contribution in [0.15, 0.2) is 12.1 Å². The molecule has 0 unspecified atom stereocenters. The van der Waals surface area contributed by atoms with Gasteiger partial charge in [-0.15, -0.1) is 15.3 Å². The minimum atomic E-state index is 0.0138. The Labute approximate surface area is 135 Å². The lowest BCUT2D eigenvalue weighted by Crippen LogP contribution is -2.44. The molecule has 1 saturated heterocycles. The van der Waals surface area contributed by atoms with E-state index in [-0.39, 0.29) is 12.1 Å². The Morgan fingerprint density at radius 3 is 2.78 bits per heavy atom. The highest BCUT2D eigenvalue weighted by Crippen LogP contribution is 2.15. The third-order valence-electron chi connectivity index (χ3n) is 3.92. The molecule has 0 saturated carbocycles. The summed E-state index contributed by atoms with van der Waals surface area (Å²) in [6, 6.07) is 4.06. The second kappa shape index (κ2) is 6.39. The smallest absolute Gasteiger partial charge is 0.317 e. The standard InChI is InChI=1S/C15H23N7O/c1-11(2)16-15(23)21-8-4-7-20(9-10-21)14-6-5-13-18-17-12(3)22(13)19-14/h5-6,11H,4,7-10H2,1-3H3,(H,16,23). The number of rotatable bonds is 2. The summed E-state index contributed by atoms with van der Waals surface area (Å²) >= 11 is 0. The lowest BCUT2D eigenvalue weighted by Gasteiger charge is -2.23. The monoisotopic (exact) mass is 317 g/mol. The first-order valence-electron chi connectivity index (χ1n) is 8.04. The molecule has 8 heteroatoms. The first-order valence-corrected chi connectivity index (χ1v) is 8.04. The van der Waals surface area contributed by atoms with Crippen LogP contribution in [0.25, 0.3) is 5.65 Å². The van der Waals surface area contributed by atoms with Crippen LogP contribution < -0.4 is 10.2 Å². The molecular weight excluding hydrogens is 294 g/mol. The van der Waals surface area contributed by atoms with E-state index in [1.165, 1.54) is 0 Å². The zero-order chi connectivity index (χ0) is 16.4. The van der Waals surface area contributed by atoms with Gasteiger partial charge in [0.2, 0.25) is 0 Å². The summed E-state index contributed by atoms with van der Waals surface area (Å²) in [5.74, 6) is 1.67. The Balaban J connectivity index is 1.71. The van der Waals surface area contributed by atoms with Gasteiger partial charge in [-0.25, -0.2) is 4.79 Å². The maximum atomic E-state index is 12.1. The summed E-state index contributed by atoms with van der Waals surface area (Å²) in [6.45, 7) is 8.95. The predicted molar refractivity (Wildman–Crippen MR) is 87.6 cm³/mol. The topological polar surface area (TPSA) is 78.7 Å². The van der Waals surface area contributed by atoms with Crippen molar-refractivity contribution in [1.29, 1.82) is 0 Å². The van der Waals surface area contributed by atoms with Gasteiger partial charge in [0, 0.05) is 32.2 Å². The lowest BCUT2D eigenvalue weighted by atomic mass is 10.3. The maximum absolute atomic E-state index is 12.1. The predicted octanol–water partition coefficient (Wildman–Crippen LogP) is 1.06. The Bertz CT molecular complexity index is 696. The molecule has 0 spiro atoms. The minimum Gasteiger partial charge on any atom is -0.353 e. The van der Waals surface area contributed by atoms with E-state index in [1.54, 1.807) is 4.52 Å². The van der Waals surface area contributed by atoms with E-state index in [0.29, 0.717) is 6.54 Å². The van der Waals surface area contributed by atoms with Gasteiger partial charge in [-0.1, -0.05) is 0 Å². The molecule has 2 amide bonds. The van der Waals surface area contributed by atoms with E-state index in [4.69, 9.17) is 0 Å². The van der Waals surface area contributed by atoms with Gasteiger partial charge in [0.25, 0.3) is 0 Å². The molecule has 0 aliphatic carbocycles. The fourth-order valence-electron chi connectivity index (χ4n) is 2.74. The van der Waals surface area contributed by atoms with Crippen LogP contribution in [0.2, 0.25) is 0 Å². The van der Waals surface area contributed by atoms with Crippen molar-refractivity contribution >= 4 is 17.5 Å². The second-order valence-corrected chi connectivity index (χ2v) is 6.14. The average molecular weight is 317 g/mol. The number of nitrogens with one attached hydrogen (secondary N) is 1. The summed E-state index contributed by atoms with van der Waals surface area (Å²) in [6.07, 6.45) is 0.923. The number of nitrogens with zero attached hydrogens (tertiary/aromatic N) is 6. The third-order valence-corrected chi connectivity index (χ3v) is 3.92. The molecule has 124 valence electrons. The summed E-state index contributed by atoms with van der Waals surface area (Å²) in [5, 5.41) is 15.7. The number of aromatic nitrogens is 4. The largest absolute Gasteiger partial charge is 0.353 e. The van der Waals surface area contributed by atoms with Crippen LogP contribution >= 0.6 is 0 Å². The summed E-state index contributed by atoms with van der Waals surface area (Å²) < 4.78 is 1.75. The van der Waals surface area contributed by atoms with E-state index in [2.05, 4.69) is 25.5 Å². The van der Waals surface area contributed by atoms with Crippen molar-refractivity contribution in [2.75, 3.05) is 31.1 Å². The van der Waals surface area contributed by atoms with Gasteiger partial charge in [-0.2, -0.15) is 4.52 Å². The van der Waals surface area contributed by atoms with Crippen LogP contribution in [0.1, 0.15) is 26.1 Å². The van der Waals surface area contributed by atoms with E-state index < -0.39 is 0 Å². The van der Waals surface area contributed by atoms with Crippen molar-refractivity contribution in [1.82, 2.24) is 30.0 Å². The molecule has 1 aliphatic rings. The van der Waals surface area contributed by atoms with Crippen LogP contribution in [-0.2, 0) is 0 Å². The van der Waals surface area contributed by atoms with Crippen molar-refractivity contribution in [2.24, 2.45) is 0 Å². The van der Waals surface area contributed by atoms with Crippen LogP contribution in [0, 0.1) is 6.92 Å². The van der Waals surface area contributed by atoms with E-state index in [1.807, 2.05) is 37.8 Å². The van der Waals surface area contributed by atoms with Crippen molar-refractivity contribution in [3.8, 4) is 0 Å². The molecule has 2 aromatic rings. The van der Waals surface area contributed by atoms with Crippen LogP contribution in [0.3, 0.4) is 0 Å². The number of amides is 2. The molecule has 8 nitrogen and oxygen atoms in total. The molecule has 2 aromatic heterocycles. The van der Waals surface area contributed by atoms with E-state index in [9.17, 15) is 4.79 Å². The molecule has 0 bridgehead atoms. The lowest BCUT2D eigenvalue weighted by molar-refractivity contribution is 0.199. The first kappa shape index (κ1) is 15.5. The number of carbonyl (C=O) groups is 1. The number of carbonyl (C=O) groups excluding carboxylic acids is 1. The molecule has 0 atom stereocenters. The molecule has 3 heterocycles. The molecule has 3 rings (SSSR count). The number of hydrogen-bond acceptors (Lipinski definition) is 5. The van der Waals surface area contributed by atoms with E-state index >= 15 is 0 Å². The number of urea groups is 1. The van der Waals surface area contributed by atoms with Crippen molar-refractivity contribution in [3.05, 3.63) is 18.0 Å². The van der Waals surface area contributed by atoms with Crippen molar-refractivity contribution in [2.45, 2.75) is 33.2 Å². The van der Waals surface area contributed by atoms with Gasteiger partial charge in [-0.3, -0.25) is 0 Å². The second-order valence-electron chi connectivity index (χ2n) is 6.14. The fraction of sp³-hybridized carbons (Fsp3) is 0.600. The van der Waals surface area contributed by atoms with Crippen LogP contribution in [0.5, 0.6) is 0 Å². The van der Waals surface area contributed by atoms with Gasteiger partial charge in [0.1, 0.15) is 5.82 Å². The Kier molecular flexibility index (Phi) is 4.31. The normalized spacial score (nSPS) is 16.0. The minimum absolute atomic E-state index is 0.0138. The van der Waals surface area contributed by atoms with Crippen molar-refractivity contribution < 1.29 is 4.79 Å². The number of fused-ring (bicyclic) bond motifs is 1. The van der Waals surface area contributed by atoms with Gasteiger partial charge < -0.3 is 15.1 Å². The Morgan fingerprint density at radius 1 is 1.17 bits per heavy atom. The zero-order valence-corrected chi connectivity index (χ0v) is 13.9. The van der Waals surface area contributed by atoms with Crippen molar-refractivity contribution in [3.63, 3.8) is 0 Å². The number of hydrogen-bond donors (Lipinski definition) is 1. The Morgan fingerprint density at radius 2 is 2.00 bits per heavy atom. The maximum Gasteiger partial charge on any atom is 0.317 e. The van der Waals surface area contributed by atoms with E-state index in [0.717, 1.165) is 43.3 Å². The van der Waals surface area contributed by atoms with Gasteiger partial charge in [-0.05, 0) is 39.3 Å². The quantitative estimate of drug-likeness (QED) is 0.896. The summed E-state index contributed by atoms with van der Waals surface area (Å²) in [4.78, 5) is 16.2. The van der Waals surface area contributed by atoms with Gasteiger partial charge in [0.05, 0.1) is 0 Å². The third kappa shape index (κ3) is 3.35. The molecule has 1 aliphatic heterocycles.